The highest BCUT2D eigenvalue weighted by Gasteiger charge is 2.22. The van der Waals surface area contributed by atoms with E-state index in [1.807, 2.05) is 0 Å². The number of furan rings is 2. The van der Waals surface area contributed by atoms with E-state index in [-0.39, 0.29) is 0 Å². The Morgan fingerprint density at radius 3 is 1.17 bits per heavy atom. The van der Waals surface area contributed by atoms with Crippen molar-refractivity contribution in [1.29, 1.82) is 0 Å². The monoisotopic (exact) mass is 1140 g/mol. The van der Waals surface area contributed by atoms with Crippen molar-refractivity contribution in [3.63, 3.8) is 0 Å². The molecule has 0 fully saturated rings. The van der Waals surface area contributed by atoms with Crippen LogP contribution in [0.15, 0.2) is 324 Å². The zero-order chi connectivity index (χ0) is 59.0. The summed E-state index contributed by atoms with van der Waals surface area (Å²) in [5, 5.41) is 21.3. The Balaban J connectivity index is 0.715. The second-order valence-electron chi connectivity index (χ2n) is 24.2. The van der Waals surface area contributed by atoms with E-state index in [0.717, 1.165) is 82.5 Å². The fourth-order valence-corrected chi connectivity index (χ4v) is 15.0. The van der Waals surface area contributed by atoms with Crippen molar-refractivity contribution in [2.45, 2.75) is 0 Å². The second kappa shape index (κ2) is 19.8. The van der Waals surface area contributed by atoms with E-state index >= 15 is 0 Å². The molecule has 0 radical (unpaired) electrons. The highest BCUT2D eigenvalue weighted by atomic mass is 16.3. The third-order valence-electron chi connectivity index (χ3n) is 19.1. The van der Waals surface area contributed by atoms with Gasteiger partial charge in [0.05, 0.1) is 0 Å². The molecule has 416 valence electrons. The van der Waals surface area contributed by atoms with Gasteiger partial charge < -0.3 is 8.83 Å². The summed E-state index contributed by atoms with van der Waals surface area (Å²) in [5.41, 5.74) is 20.2. The Labute approximate surface area is 518 Å². The number of hydrogen-bond donors (Lipinski definition) is 0. The highest BCUT2D eigenvalue weighted by molar-refractivity contribution is 6.25. The number of rotatable bonds is 7. The van der Waals surface area contributed by atoms with Gasteiger partial charge >= 0.3 is 0 Å². The molecule has 90 heavy (non-hydrogen) atoms. The summed E-state index contributed by atoms with van der Waals surface area (Å²) in [4.78, 5) is 0. The summed E-state index contributed by atoms with van der Waals surface area (Å²) in [6.07, 6.45) is 0. The van der Waals surface area contributed by atoms with Gasteiger partial charge in [0, 0.05) is 26.9 Å². The maximum atomic E-state index is 6.98. The molecule has 0 saturated carbocycles. The van der Waals surface area contributed by atoms with Crippen molar-refractivity contribution in [2.24, 2.45) is 0 Å². The van der Waals surface area contributed by atoms with Crippen molar-refractivity contribution in [1.82, 2.24) is 0 Å². The largest absolute Gasteiger partial charge is 0.456 e. The van der Waals surface area contributed by atoms with E-state index in [2.05, 4.69) is 315 Å². The van der Waals surface area contributed by atoms with Gasteiger partial charge in [0.25, 0.3) is 0 Å². The van der Waals surface area contributed by atoms with Gasteiger partial charge in [0.2, 0.25) is 0 Å². The lowest BCUT2D eigenvalue weighted by Gasteiger charge is -2.19. The van der Waals surface area contributed by atoms with Crippen LogP contribution >= 0.6 is 0 Å². The van der Waals surface area contributed by atoms with E-state index < -0.39 is 0 Å². The molecule has 19 aromatic rings. The van der Waals surface area contributed by atoms with E-state index in [1.54, 1.807) is 0 Å². The average molecular weight is 1140 g/mol. The maximum Gasteiger partial charge on any atom is 0.143 e. The van der Waals surface area contributed by atoms with Gasteiger partial charge in [-0.3, -0.25) is 0 Å². The first-order valence-corrected chi connectivity index (χ1v) is 31.0. The topological polar surface area (TPSA) is 26.3 Å². The Morgan fingerprint density at radius 1 is 0.156 bits per heavy atom. The predicted molar refractivity (Wildman–Crippen MR) is 382 cm³/mol. The fraction of sp³-hybridized carbons (Fsp3) is 0. The minimum atomic E-state index is 0.876. The number of hydrogen-bond acceptors (Lipinski definition) is 2. The Hall–Kier alpha value is -11.8. The maximum absolute atomic E-state index is 6.98. The summed E-state index contributed by atoms with van der Waals surface area (Å²) in [5.74, 6) is 0. The van der Waals surface area contributed by atoms with Gasteiger partial charge in [0.15, 0.2) is 0 Å². The van der Waals surface area contributed by atoms with Crippen LogP contribution in [0, 0.1) is 0 Å². The van der Waals surface area contributed by atoms with Gasteiger partial charge in [-0.05, 0) is 221 Å². The standard InChI is InChI=1S/C88H52O2/c1-2-18-54(19-3-1)84-67-28-8-10-30-69(67)87(70-31-11-9-29-68(70)84)64-40-43-82-78(50-64)75-41-38-53-36-37-61(49-77(53)88(75)90-82)76-51-65(46-60-22-6-7-27-66(60)76)56-24-17-26-63(45-56)86-73-34-14-12-32-71(73)85(72-33-13-15-35-74(72)86)62-25-16-23-55(44-62)59-39-42-81-79(48-59)80-47-57-20-4-5-21-58(57)52-83(80)89-81/h1-52H. The molecule has 17 aromatic carbocycles. The summed E-state index contributed by atoms with van der Waals surface area (Å²) in [6.45, 7) is 0. The van der Waals surface area contributed by atoms with Crippen molar-refractivity contribution in [2.75, 3.05) is 0 Å². The van der Waals surface area contributed by atoms with Crippen molar-refractivity contribution in [3.05, 3.63) is 315 Å². The van der Waals surface area contributed by atoms with Crippen LogP contribution in [0.5, 0.6) is 0 Å². The van der Waals surface area contributed by atoms with Gasteiger partial charge in [-0.1, -0.05) is 243 Å². The van der Waals surface area contributed by atoms with Gasteiger partial charge in [-0.15, -0.1) is 0 Å². The molecular formula is C88H52O2. The quantitative estimate of drug-likeness (QED) is 0.149. The van der Waals surface area contributed by atoms with Crippen molar-refractivity contribution >= 4 is 119 Å². The van der Waals surface area contributed by atoms with Crippen LogP contribution in [0.4, 0.5) is 0 Å². The molecule has 0 spiro atoms. The zero-order valence-electron chi connectivity index (χ0n) is 48.8. The van der Waals surface area contributed by atoms with Gasteiger partial charge in [0.1, 0.15) is 22.3 Å². The van der Waals surface area contributed by atoms with E-state index in [9.17, 15) is 0 Å². The minimum Gasteiger partial charge on any atom is -0.456 e. The van der Waals surface area contributed by atoms with Crippen LogP contribution < -0.4 is 0 Å². The Bertz CT molecular complexity index is 6100. The first-order valence-electron chi connectivity index (χ1n) is 31.0. The van der Waals surface area contributed by atoms with E-state index in [0.29, 0.717) is 0 Å². The Kier molecular flexibility index (Phi) is 11.1. The van der Waals surface area contributed by atoms with Crippen LogP contribution in [-0.2, 0) is 0 Å². The number of benzene rings is 17. The molecule has 0 saturated heterocycles. The van der Waals surface area contributed by atoms with Crippen LogP contribution in [-0.4, -0.2) is 0 Å². The summed E-state index contributed by atoms with van der Waals surface area (Å²) in [6, 6.07) is 116. The fourth-order valence-electron chi connectivity index (χ4n) is 15.0. The van der Waals surface area contributed by atoms with E-state index in [4.69, 9.17) is 8.83 Å². The smallest absolute Gasteiger partial charge is 0.143 e. The van der Waals surface area contributed by atoms with Crippen LogP contribution in [0.2, 0.25) is 0 Å². The van der Waals surface area contributed by atoms with Gasteiger partial charge in [-0.2, -0.15) is 0 Å². The molecular weight excluding hydrogens is 1090 g/mol. The average Bonchev–Trinajstić information content (AvgIpc) is 1.13. The molecule has 0 atom stereocenters. The highest BCUT2D eigenvalue weighted by Crippen LogP contribution is 2.49. The van der Waals surface area contributed by atoms with Crippen LogP contribution in [0.25, 0.3) is 197 Å². The minimum absolute atomic E-state index is 0.876. The molecule has 2 nitrogen and oxygen atoms in total. The SMILES string of the molecule is c1ccc(-c2c3ccccc3c(-c3ccc4oc5c6cc(-c7cc(-c8cccc(-c9c%10ccccc%10c(-c%10cccc(-c%11ccc%12oc%13cc%14ccccc%14cc%13c%12c%11)c%10)c%10ccccc9%10)c8)cc8ccccc78)ccc6ccc5c4c3)c3ccccc23)cc1. The van der Waals surface area contributed by atoms with E-state index in [1.165, 1.54) is 115 Å². The molecule has 0 aliphatic rings. The molecule has 2 heterocycles. The lowest BCUT2D eigenvalue weighted by molar-refractivity contribution is 0.669. The molecule has 2 heteroatoms. The molecule has 0 aliphatic heterocycles. The summed E-state index contributed by atoms with van der Waals surface area (Å²) < 4.78 is 13.4. The molecule has 0 bridgehead atoms. The number of fused-ring (bicyclic) bond motifs is 14. The lowest BCUT2D eigenvalue weighted by atomic mass is 9.84. The third kappa shape index (κ3) is 7.85. The molecule has 0 unspecified atom stereocenters. The molecule has 19 rings (SSSR count). The molecule has 0 amide bonds. The van der Waals surface area contributed by atoms with Gasteiger partial charge in [-0.25, -0.2) is 0 Å². The lowest BCUT2D eigenvalue weighted by Crippen LogP contribution is -1.92. The molecule has 0 aliphatic carbocycles. The Morgan fingerprint density at radius 2 is 0.556 bits per heavy atom. The van der Waals surface area contributed by atoms with Crippen molar-refractivity contribution in [3.8, 4) is 77.9 Å². The predicted octanol–water partition coefficient (Wildman–Crippen LogP) is 25.2. The van der Waals surface area contributed by atoms with Crippen LogP contribution in [0.1, 0.15) is 0 Å². The zero-order valence-corrected chi connectivity index (χ0v) is 48.8. The summed E-state index contributed by atoms with van der Waals surface area (Å²) >= 11 is 0. The first kappa shape index (κ1) is 50.3. The normalized spacial score (nSPS) is 12.0. The summed E-state index contributed by atoms with van der Waals surface area (Å²) in [7, 11) is 0. The molecule has 2 aromatic heterocycles. The van der Waals surface area contributed by atoms with Crippen molar-refractivity contribution < 1.29 is 8.83 Å². The first-order chi connectivity index (χ1) is 44.6. The second-order valence-corrected chi connectivity index (χ2v) is 24.2. The molecule has 0 N–H and O–H groups in total. The third-order valence-corrected chi connectivity index (χ3v) is 19.1. The van der Waals surface area contributed by atoms with Crippen LogP contribution in [0.3, 0.4) is 0 Å².